The van der Waals surface area contributed by atoms with Gasteiger partial charge in [-0.2, -0.15) is 0 Å². The summed E-state index contributed by atoms with van der Waals surface area (Å²) in [5.41, 5.74) is 2.81. The molecule has 37 heavy (non-hydrogen) atoms. The Labute approximate surface area is 221 Å². The van der Waals surface area contributed by atoms with Crippen LogP contribution >= 0.6 is 0 Å². The van der Waals surface area contributed by atoms with Gasteiger partial charge in [-0.25, -0.2) is 15.2 Å². The van der Waals surface area contributed by atoms with Gasteiger partial charge in [0.05, 0.1) is 5.69 Å². The molecule has 7 nitrogen and oxygen atoms in total. The summed E-state index contributed by atoms with van der Waals surface area (Å²) >= 11 is 0. The highest BCUT2D eigenvalue weighted by Crippen LogP contribution is 2.28. The number of hydrazine groups is 1. The zero-order valence-corrected chi connectivity index (χ0v) is 22.8. The van der Waals surface area contributed by atoms with E-state index in [-0.39, 0.29) is 23.7 Å². The highest BCUT2D eigenvalue weighted by atomic mass is 19.1. The topological polar surface area (TPSA) is 68.4 Å². The molecule has 1 heterocycles. The number of amidine groups is 1. The number of halogens is 1. The van der Waals surface area contributed by atoms with Gasteiger partial charge in [0.1, 0.15) is 17.7 Å². The second-order valence-corrected chi connectivity index (χ2v) is 9.71. The van der Waals surface area contributed by atoms with E-state index < -0.39 is 0 Å². The standard InChI is InChI=1S/C29H41FN6O/c1-7-34(8-2)29(37)27(23-12-10-9-11-13-23)36-18-16-35(17-19-36)26-15-14-24(20-25(26)30)28(33(6)31)32-22(5)21(3)4/h9-15,20-21,27H,5,7-8,16-19,31H2,1-4,6H3/b32-28-. The summed E-state index contributed by atoms with van der Waals surface area (Å²) in [7, 11) is 1.68. The fraction of sp³-hybridized carbons (Fsp3) is 0.448. The molecule has 3 rings (SSSR count). The van der Waals surface area contributed by atoms with E-state index in [1.165, 1.54) is 11.1 Å². The van der Waals surface area contributed by atoms with E-state index in [0.29, 0.717) is 62.1 Å². The van der Waals surface area contributed by atoms with Gasteiger partial charge < -0.3 is 9.80 Å². The summed E-state index contributed by atoms with van der Waals surface area (Å²) in [5, 5.41) is 1.39. The molecule has 1 atom stereocenters. The second kappa shape index (κ2) is 12.8. The Morgan fingerprint density at radius 2 is 1.70 bits per heavy atom. The third-order valence-corrected chi connectivity index (χ3v) is 6.90. The first-order valence-electron chi connectivity index (χ1n) is 13.1. The lowest BCUT2D eigenvalue weighted by Crippen LogP contribution is -2.52. The van der Waals surface area contributed by atoms with E-state index in [0.717, 1.165) is 5.56 Å². The quantitative estimate of drug-likeness (QED) is 0.237. The number of rotatable bonds is 9. The Bertz CT molecular complexity index is 1090. The minimum absolute atomic E-state index is 0.112. The zero-order chi connectivity index (χ0) is 27.1. The molecule has 1 fully saturated rings. The first-order chi connectivity index (χ1) is 17.7. The van der Waals surface area contributed by atoms with Crippen LogP contribution < -0.4 is 10.7 Å². The van der Waals surface area contributed by atoms with Gasteiger partial charge in [0, 0.05) is 57.6 Å². The number of nitrogens with zero attached hydrogens (tertiary/aromatic N) is 5. The Morgan fingerprint density at radius 1 is 1.08 bits per heavy atom. The fourth-order valence-electron chi connectivity index (χ4n) is 4.59. The lowest BCUT2D eigenvalue weighted by Gasteiger charge is -2.41. The van der Waals surface area contributed by atoms with Gasteiger partial charge >= 0.3 is 0 Å². The number of anilines is 1. The van der Waals surface area contributed by atoms with Crippen molar-refractivity contribution in [2.75, 3.05) is 51.2 Å². The number of likely N-dealkylation sites (N-methyl/N-ethyl adjacent to an activating group) is 1. The fourth-order valence-corrected chi connectivity index (χ4v) is 4.59. The summed E-state index contributed by atoms with van der Waals surface area (Å²) in [6.45, 7) is 15.9. The number of amides is 1. The molecular formula is C29H41FN6O. The van der Waals surface area contributed by atoms with Gasteiger partial charge in [-0.05, 0) is 43.5 Å². The lowest BCUT2D eigenvalue weighted by molar-refractivity contribution is -0.137. The van der Waals surface area contributed by atoms with Crippen molar-refractivity contribution in [3.8, 4) is 0 Å². The molecule has 0 radical (unpaired) electrons. The highest BCUT2D eigenvalue weighted by Gasteiger charge is 2.33. The number of nitrogens with two attached hydrogens (primary N) is 1. The van der Waals surface area contributed by atoms with Crippen LogP contribution in [0.15, 0.2) is 65.8 Å². The third-order valence-electron chi connectivity index (χ3n) is 6.90. The Hall–Kier alpha value is -3.23. The number of carbonyl (C=O) groups is 1. The van der Waals surface area contributed by atoms with E-state index in [1.54, 1.807) is 13.1 Å². The summed E-state index contributed by atoms with van der Waals surface area (Å²) in [6.07, 6.45) is 0. The predicted molar refractivity (Wildman–Crippen MR) is 150 cm³/mol. The van der Waals surface area contributed by atoms with Crippen molar-refractivity contribution in [1.29, 1.82) is 0 Å². The zero-order valence-electron chi connectivity index (χ0n) is 22.8. The van der Waals surface area contributed by atoms with Crippen LogP contribution in [0, 0.1) is 11.7 Å². The molecule has 2 N–H and O–H groups in total. The molecule has 1 amide bonds. The molecule has 0 saturated carbocycles. The van der Waals surface area contributed by atoms with Crippen molar-refractivity contribution < 1.29 is 9.18 Å². The largest absolute Gasteiger partial charge is 0.367 e. The number of aliphatic imine (C=N–C) groups is 1. The lowest BCUT2D eigenvalue weighted by atomic mass is 10.0. The summed E-state index contributed by atoms with van der Waals surface area (Å²) in [4.78, 5) is 24.1. The van der Waals surface area contributed by atoms with Gasteiger partial charge in [-0.1, -0.05) is 50.8 Å². The monoisotopic (exact) mass is 508 g/mol. The average molecular weight is 509 g/mol. The van der Waals surface area contributed by atoms with Crippen LogP contribution in [-0.4, -0.2) is 72.9 Å². The minimum Gasteiger partial charge on any atom is -0.367 e. The minimum atomic E-state index is -0.344. The maximum Gasteiger partial charge on any atom is 0.244 e. The molecular weight excluding hydrogens is 467 g/mol. The number of carbonyl (C=O) groups excluding carboxylic acids is 1. The summed E-state index contributed by atoms with van der Waals surface area (Å²) < 4.78 is 15.3. The van der Waals surface area contributed by atoms with E-state index in [4.69, 9.17) is 5.84 Å². The van der Waals surface area contributed by atoms with E-state index >= 15 is 4.39 Å². The Morgan fingerprint density at radius 3 is 2.22 bits per heavy atom. The van der Waals surface area contributed by atoms with Crippen LogP contribution in [0.1, 0.15) is 44.9 Å². The maximum absolute atomic E-state index is 15.3. The van der Waals surface area contributed by atoms with Crippen molar-refractivity contribution in [3.05, 3.63) is 77.8 Å². The first-order valence-corrected chi connectivity index (χ1v) is 13.1. The molecule has 0 aliphatic carbocycles. The molecule has 0 aromatic heterocycles. The van der Waals surface area contributed by atoms with E-state index in [1.807, 2.05) is 73.9 Å². The SMILES string of the molecule is C=C(/N=C(/c1ccc(N2CCN(C(C(=O)N(CC)CC)c3ccccc3)CC2)c(F)c1)N(C)N)C(C)C. The van der Waals surface area contributed by atoms with Crippen LogP contribution in [-0.2, 0) is 4.79 Å². The molecule has 1 aliphatic heterocycles. The van der Waals surface area contributed by atoms with Crippen LogP contribution in [0.3, 0.4) is 0 Å². The summed E-state index contributed by atoms with van der Waals surface area (Å²) in [6, 6.07) is 14.7. The van der Waals surface area contributed by atoms with Crippen molar-refractivity contribution in [1.82, 2.24) is 14.8 Å². The van der Waals surface area contributed by atoms with Crippen LogP contribution in [0.2, 0.25) is 0 Å². The van der Waals surface area contributed by atoms with Crippen LogP contribution in [0.4, 0.5) is 10.1 Å². The van der Waals surface area contributed by atoms with Gasteiger partial charge in [-0.15, -0.1) is 0 Å². The molecule has 2 aromatic rings. The number of hydrogen-bond donors (Lipinski definition) is 1. The molecule has 0 spiro atoms. The number of allylic oxidation sites excluding steroid dienone is 1. The molecule has 8 heteroatoms. The Balaban J connectivity index is 1.79. The predicted octanol–water partition coefficient (Wildman–Crippen LogP) is 4.28. The molecule has 1 saturated heterocycles. The highest BCUT2D eigenvalue weighted by molar-refractivity contribution is 5.99. The molecule has 200 valence electrons. The second-order valence-electron chi connectivity index (χ2n) is 9.71. The third kappa shape index (κ3) is 6.76. The van der Waals surface area contributed by atoms with Gasteiger partial charge in [0.2, 0.25) is 5.91 Å². The average Bonchev–Trinajstić information content (AvgIpc) is 2.89. The Kier molecular flexibility index (Phi) is 9.83. The van der Waals surface area contributed by atoms with Gasteiger partial charge in [0.25, 0.3) is 0 Å². The van der Waals surface area contributed by atoms with E-state index in [2.05, 4.69) is 16.5 Å². The number of piperazine rings is 1. The van der Waals surface area contributed by atoms with Crippen LogP contribution in [0.5, 0.6) is 0 Å². The molecule has 2 aromatic carbocycles. The van der Waals surface area contributed by atoms with Crippen LogP contribution in [0.25, 0.3) is 0 Å². The van der Waals surface area contributed by atoms with E-state index in [9.17, 15) is 4.79 Å². The van der Waals surface area contributed by atoms with Crippen molar-refractivity contribution in [2.45, 2.75) is 33.7 Å². The normalized spacial score (nSPS) is 15.6. The van der Waals surface area contributed by atoms with Crippen molar-refractivity contribution >= 4 is 17.4 Å². The maximum atomic E-state index is 15.3. The van der Waals surface area contributed by atoms with Crippen molar-refractivity contribution in [2.24, 2.45) is 16.8 Å². The number of hydrogen-bond acceptors (Lipinski definition) is 5. The van der Waals surface area contributed by atoms with Gasteiger partial charge in [-0.3, -0.25) is 14.7 Å². The molecule has 0 bridgehead atoms. The van der Waals surface area contributed by atoms with Crippen molar-refractivity contribution in [3.63, 3.8) is 0 Å². The summed E-state index contributed by atoms with van der Waals surface area (Å²) in [5.74, 6) is 6.41. The van der Waals surface area contributed by atoms with Gasteiger partial charge in [0.15, 0.2) is 0 Å². The first kappa shape index (κ1) is 28.3. The molecule has 1 unspecified atom stereocenters. The number of benzene rings is 2. The smallest absolute Gasteiger partial charge is 0.244 e. The molecule has 1 aliphatic rings.